The number of hydrogen-bond donors (Lipinski definition) is 2. The number of nitrogens with one attached hydrogen (secondary N) is 1. The van der Waals surface area contributed by atoms with Gasteiger partial charge in [-0.25, -0.2) is 5.43 Å². The molecule has 84 valence electrons. The summed E-state index contributed by atoms with van der Waals surface area (Å²) in [6, 6.07) is 9.56. The van der Waals surface area contributed by atoms with Crippen LogP contribution in [0.25, 0.3) is 0 Å². The zero-order valence-electron chi connectivity index (χ0n) is 9.01. The van der Waals surface area contributed by atoms with E-state index in [2.05, 4.69) is 5.43 Å². The second-order valence-electron chi connectivity index (χ2n) is 3.43. The molecule has 4 heteroatoms. The van der Waals surface area contributed by atoms with Gasteiger partial charge in [-0.05, 0) is 23.8 Å². The van der Waals surface area contributed by atoms with Crippen molar-refractivity contribution in [1.29, 1.82) is 0 Å². The van der Waals surface area contributed by atoms with E-state index >= 15 is 0 Å². The molecule has 0 fully saturated rings. The molecule has 0 saturated carbocycles. The molecule has 0 amide bonds. The van der Waals surface area contributed by atoms with Crippen LogP contribution in [-0.2, 0) is 0 Å². The molecule has 1 heterocycles. The van der Waals surface area contributed by atoms with Crippen LogP contribution in [0.4, 0.5) is 0 Å². The molecule has 0 spiro atoms. The van der Waals surface area contributed by atoms with Crippen LogP contribution in [0.15, 0.2) is 47.3 Å². The molecule has 0 bridgehead atoms. The molecule has 1 atom stereocenters. The van der Waals surface area contributed by atoms with Gasteiger partial charge in [0.05, 0.1) is 25.7 Å². The van der Waals surface area contributed by atoms with Crippen LogP contribution in [0, 0.1) is 0 Å². The number of hydrazine groups is 1. The van der Waals surface area contributed by atoms with Gasteiger partial charge in [0.25, 0.3) is 0 Å². The van der Waals surface area contributed by atoms with Gasteiger partial charge in [0, 0.05) is 5.56 Å². The Labute approximate surface area is 94.0 Å². The summed E-state index contributed by atoms with van der Waals surface area (Å²) in [6.45, 7) is 0. The zero-order chi connectivity index (χ0) is 11.4. The molecule has 1 aromatic carbocycles. The summed E-state index contributed by atoms with van der Waals surface area (Å²) in [5.74, 6) is 6.37. The third-order valence-corrected chi connectivity index (χ3v) is 2.49. The van der Waals surface area contributed by atoms with Crippen LogP contribution in [-0.4, -0.2) is 7.11 Å². The number of furan rings is 1. The summed E-state index contributed by atoms with van der Waals surface area (Å²) >= 11 is 0. The highest BCUT2D eigenvalue weighted by Gasteiger charge is 2.13. The highest BCUT2D eigenvalue weighted by molar-refractivity contribution is 5.34. The van der Waals surface area contributed by atoms with Gasteiger partial charge in [-0.3, -0.25) is 5.84 Å². The molecule has 1 aromatic heterocycles. The first-order chi connectivity index (χ1) is 7.85. The van der Waals surface area contributed by atoms with Crippen LogP contribution in [0.1, 0.15) is 17.2 Å². The zero-order valence-corrected chi connectivity index (χ0v) is 9.01. The van der Waals surface area contributed by atoms with E-state index in [0.717, 1.165) is 16.9 Å². The number of benzene rings is 1. The molecular formula is C12H14N2O2. The van der Waals surface area contributed by atoms with Gasteiger partial charge in [-0.15, -0.1) is 0 Å². The summed E-state index contributed by atoms with van der Waals surface area (Å²) in [6.07, 6.45) is 3.30. The van der Waals surface area contributed by atoms with E-state index < -0.39 is 0 Å². The molecule has 0 radical (unpaired) electrons. The molecule has 3 N–H and O–H groups in total. The Morgan fingerprint density at radius 3 is 2.44 bits per heavy atom. The Balaban J connectivity index is 2.27. The van der Waals surface area contributed by atoms with Crippen molar-refractivity contribution >= 4 is 0 Å². The predicted octanol–water partition coefficient (Wildman–Crippen LogP) is 1.84. The first kappa shape index (κ1) is 10.7. The van der Waals surface area contributed by atoms with Gasteiger partial charge < -0.3 is 9.15 Å². The maximum atomic E-state index is 5.54. The Morgan fingerprint density at radius 1 is 1.19 bits per heavy atom. The van der Waals surface area contributed by atoms with Crippen molar-refractivity contribution in [3.05, 3.63) is 54.0 Å². The monoisotopic (exact) mass is 218 g/mol. The van der Waals surface area contributed by atoms with E-state index in [0.29, 0.717) is 0 Å². The fourth-order valence-corrected chi connectivity index (χ4v) is 1.62. The van der Waals surface area contributed by atoms with Gasteiger partial charge in [0.15, 0.2) is 0 Å². The highest BCUT2D eigenvalue weighted by atomic mass is 16.5. The lowest BCUT2D eigenvalue weighted by atomic mass is 10.0. The molecule has 16 heavy (non-hydrogen) atoms. The van der Waals surface area contributed by atoms with Crippen LogP contribution in [0.3, 0.4) is 0 Å². The maximum Gasteiger partial charge on any atom is 0.118 e. The van der Waals surface area contributed by atoms with E-state index in [1.165, 1.54) is 0 Å². The lowest BCUT2D eigenvalue weighted by Crippen LogP contribution is -2.28. The largest absolute Gasteiger partial charge is 0.497 e. The minimum absolute atomic E-state index is 0.0651. The average Bonchev–Trinajstić information content (AvgIpc) is 2.85. The number of hydrogen-bond acceptors (Lipinski definition) is 4. The Morgan fingerprint density at radius 2 is 1.94 bits per heavy atom. The number of nitrogens with two attached hydrogens (primary N) is 1. The van der Waals surface area contributed by atoms with Gasteiger partial charge in [0.1, 0.15) is 5.75 Å². The molecule has 2 aromatic rings. The topological polar surface area (TPSA) is 60.4 Å². The summed E-state index contributed by atoms with van der Waals surface area (Å²) in [7, 11) is 1.64. The Kier molecular flexibility index (Phi) is 3.24. The lowest BCUT2D eigenvalue weighted by molar-refractivity contribution is 0.414. The van der Waals surface area contributed by atoms with Crippen molar-refractivity contribution in [2.24, 2.45) is 5.84 Å². The van der Waals surface area contributed by atoms with Crippen molar-refractivity contribution in [2.45, 2.75) is 6.04 Å². The fourth-order valence-electron chi connectivity index (χ4n) is 1.62. The Bertz CT molecular complexity index is 423. The predicted molar refractivity (Wildman–Crippen MR) is 60.9 cm³/mol. The second-order valence-corrected chi connectivity index (χ2v) is 3.43. The number of rotatable bonds is 4. The molecule has 0 aliphatic rings. The van der Waals surface area contributed by atoms with E-state index in [9.17, 15) is 0 Å². The quantitative estimate of drug-likeness (QED) is 0.607. The van der Waals surface area contributed by atoms with Gasteiger partial charge in [-0.2, -0.15) is 0 Å². The van der Waals surface area contributed by atoms with E-state index in [1.54, 1.807) is 19.6 Å². The summed E-state index contributed by atoms with van der Waals surface area (Å²) < 4.78 is 10.1. The first-order valence-corrected chi connectivity index (χ1v) is 4.97. The fraction of sp³-hybridized carbons (Fsp3) is 0.167. The molecule has 0 aliphatic carbocycles. The van der Waals surface area contributed by atoms with Crippen LogP contribution in [0.5, 0.6) is 5.75 Å². The van der Waals surface area contributed by atoms with Crippen molar-refractivity contribution < 1.29 is 9.15 Å². The summed E-state index contributed by atoms with van der Waals surface area (Å²) in [5.41, 5.74) is 4.81. The van der Waals surface area contributed by atoms with Crippen molar-refractivity contribution in [2.75, 3.05) is 7.11 Å². The second kappa shape index (κ2) is 4.83. The van der Waals surface area contributed by atoms with Gasteiger partial charge in [-0.1, -0.05) is 12.1 Å². The summed E-state index contributed by atoms with van der Waals surface area (Å²) in [4.78, 5) is 0. The lowest BCUT2D eigenvalue weighted by Gasteiger charge is -2.14. The van der Waals surface area contributed by atoms with Crippen molar-refractivity contribution in [3.63, 3.8) is 0 Å². The molecule has 2 rings (SSSR count). The van der Waals surface area contributed by atoms with Gasteiger partial charge >= 0.3 is 0 Å². The van der Waals surface area contributed by atoms with E-state index in [-0.39, 0.29) is 6.04 Å². The van der Waals surface area contributed by atoms with Crippen molar-refractivity contribution in [1.82, 2.24) is 5.43 Å². The van der Waals surface area contributed by atoms with Crippen molar-refractivity contribution in [3.8, 4) is 5.75 Å². The number of ether oxygens (including phenoxy) is 1. The minimum Gasteiger partial charge on any atom is -0.497 e. The standard InChI is InChI=1S/C12H14N2O2/c1-15-11-4-2-9(3-5-11)12(14-13)10-6-7-16-8-10/h2-8,12,14H,13H2,1H3. The molecular weight excluding hydrogens is 204 g/mol. The average molecular weight is 218 g/mol. The van der Waals surface area contributed by atoms with Crippen LogP contribution >= 0.6 is 0 Å². The van der Waals surface area contributed by atoms with E-state index in [1.807, 2.05) is 30.3 Å². The smallest absolute Gasteiger partial charge is 0.118 e. The first-order valence-electron chi connectivity index (χ1n) is 4.97. The third-order valence-electron chi connectivity index (χ3n) is 2.49. The molecule has 4 nitrogen and oxygen atoms in total. The van der Waals surface area contributed by atoms with E-state index in [4.69, 9.17) is 15.0 Å². The SMILES string of the molecule is COc1ccc(C(NN)c2ccoc2)cc1. The normalized spacial score (nSPS) is 12.4. The van der Waals surface area contributed by atoms with Crippen LogP contribution in [0.2, 0.25) is 0 Å². The molecule has 0 saturated heterocycles. The maximum absolute atomic E-state index is 5.54. The number of methoxy groups -OCH3 is 1. The minimum atomic E-state index is -0.0651. The molecule has 1 unspecified atom stereocenters. The van der Waals surface area contributed by atoms with Crippen LogP contribution < -0.4 is 16.0 Å². The highest BCUT2D eigenvalue weighted by Crippen LogP contribution is 2.23. The Hall–Kier alpha value is -1.78. The third kappa shape index (κ3) is 2.08. The molecule has 0 aliphatic heterocycles. The summed E-state index contributed by atoms with van der Waals surface area (Å²) in [5, 5.41) is 0. The van der Waals surface area contributed by atoms with Gasteiger partial charge in [0.2, 0.25) is 0 Å².